The van der Waals surface area contributed by atoms with Crippen LogP contribution in [0.3, 0.4) is 0 Å². The summed E-state index contributed by atoms with van der Waals surface area (Å²) in [7, 11) is 1.34. The summed E-state index contributed by atoms with van der Waals surface area (Å²) in [6, 6.07) is 8.93. The van der Waals surface area contributed by atoms with Crippen molar-refractivity contribution >= 4 is 5.97 Å². The molecule has 0 aromatic heterocycles. The second-order valence-corrected chi connectivity index (χ2v) is 4.83. The first-order valence-corrected chi connectivity index (χ1v) is 6.76. The molecule has 0 radical (unpaired) electrons. The molecule has 0 fully saturated rings. The van der Waals surface area contributed by atoms with Gasteiger partial charge in [-0.15, -0.1) is 0 Å². The maximum atomic E-state index is 11.2. The highest BCUT2D eigenvalue weighted by Crippen LogP contribution is 2.20. The van der Waals surface area contributed by atoms with Gasteiger partial charge in [-0.1, -0.05) is 30.3 Å². The molecule has 1 rings (SSSR count). The number of aliphatic hydroxyl groups excluding tert-OH is 2. The van der Waals surface area contributed by atoms with Crippen molar-refractivity contribution in [2.45, 2.75) is 38.0 Å². The van der Waals surface area contributed by atoms with Crippen molar-refractivity contribution in [2.75, 3.05) is 13.7 Å². The van der Waals surface area contributed by atoms with Crippen molar-refractivity contribution < 1.29 is 19.7 Å². The van der Waals surface area contributed by atoms with Crippen LogP contribution >= 0.6 is 0 Å². The van der Waals surface area contributed by atoms with Gasteiger partial charge in [0.05, 0.1) is 19.3 Å². The Balaban J connectivity index is 2.67. The third-order valence-electron chi connectivity index (χ3n) is 3.08. The van der Waals surface area contributed by atoms with E-state index in [1.807, 2.05) is 30.3 Å². The van der Waals surface area contributed by atoms with E-state index < -0.39 is 12.2 Å². The van der Waals surface area contributed by atoms with Crippen LogP contribution in [0.15, 0.2) is 30.3 Å². The Bertz CT molecular complexity index is 394. The molecule has 20 heavy (non-hydrogen) atoms. The van der Waals surface area contributed by atoms with E-state index in [0.717, 1.165) is 5.56 Å². The number of esters is 1. The third-order valence-corrected chi connectivity index (χ3v) is 3.08. The number of benzene rings is 1. The summed E-state index contributed by atoms with van der Waals surface area (Å²) >= 11 is 0. The highest BCUT2D eigenvalue weighted by Gasteiger charge is 2.21. The Hall–Kier alpha value is -1.43. The molecule has 0 aliphatic heterocycles. The van der Waals surface area contributed by atoms with Crippen molar-refractivity contribution in [1.29, 1.82) is 0 Å². The molecule has 0 heterocycles. The van der Waals surface area contributed by atoms with Gasteiger partial charge in [-0.3, -0.25) is 4.79 Å². The zero-order valence-electron chi connectivity index (χ0n) is 12.0. The average Bonchev–Trinajstić information content (AvgIpc) is 2.47. The first-order valence-electron chi connectivity index (χ1n) is 6.76. The molecule has 0 amide bonds. The monoisotopic (exact) mass is 281 g/mol. The van der Waals surface area contributed by atoms with E-state index in [2.05, 4.69) is 10.1 Å². The number of nitrogens with one attached hydrogen (secondary N) is 1. The Morgan fingerprint density at radius 2 is 1.95 bits per heavy atom. The minimum absolute atomic E-state index is 0.220. The maximum Gasteiger partial charge on any atom is 0.305 e. The number of carbonyl (C=O) groups is 1. The van der Waals surface area contributed by atoms with E-state index in [0.29, 0.717) is 13.0 Å². The topological polar surface area (TPSA) is 78.8 Å². The number of aliphatic hydroxyl groups is 2. The summed E-state index contributed by atoms with van der Waals surface area (Å²) in [6.07, 6.45) is -0.592. The predicted molar refractivity (Wildman–Crippen MR) is 76.1 cm³/mol. The number of rotatable bonds is 8. The van der Waals surface area contributed by atoms with Gasteiger partial charge in [0.25, 0.3) is 0 Å². The van der Waals surface area contributed by atoms with Gasteiger partial charge in [0.2, 0.25) is 0 Å². The van der Waals surface area contributed by atoms with Gasteiger partial charge in [-0.05, 0) is 18.9 Å². The van der Waals surface area contributed by atoms with E-state index in [4.69, 9.17) is 0 Å². The van der Waals surface area contributed by atoms with Crippen LogP contribution in [0.1, 0.15) is 31.4 Å². The molecule has 1 aromatic rings. The Kier molecular flexibility index (Phi) is 7.22. The van der Waals surface area contributed by atoms with Gasteiger partial charge in [-0.25, -0.2) is 0 Å². The van der Waals surface area contributed by atoms with Crippen LogP contribution in [-0.2, 0) is 9.53 Å². The molecule has 5 heteroatoms. The molecule has 0 aliphatic carbocycles. The molecule has 3 N–H and O–H groups in total. The van der Waals surface area contributed by atoms with Crippen molar-refractivity contribution in [1.82, 2.24) is 5.32 Å². The van der Waals surface area contributed by atoms with Crippen molar-refractivity contribution in [3.63, 3.8) is 0 Å². The lowest BCUT2D eigenvalue weighted by atomic mass is 9.98. The zero-order chi connectivity index (χ0) is 15.0. The summed E-state index contributed by atoms with van der Waals surface area (Å²) in [6.45, 7) is 2.02. The first-order chi connectivity index (χ1) is 9.54. The third kappa shape index (κ3) is 5.69. The first kappa shape index (κ1) is 16.6. The van der Waals surface area contributed by atoms with Gasteiger partial charge >= 0.3 is 5.97 Å². The quantitative estimate of drug-likeness (QED) is 0.620. The largest absolute Gasteiger partial charge is 0.469 e. The van der Waals surface area contributed by atoms with Gasteiger partial charge in [0.1, 0.15) is 0 Å². The minimum atomic E-state index is -0.736. The fraction of sp³-hybridized carbons (Fsp3) is 0.533. The van der Waals surface area contributed by atoms with Crippen LogP contribution in [-0.4, -0.2) is 42.0 Å². The molecule has 0 bridgehead atoms. The van der Waals surface area contributed by atoms with Crippen LogP contribution < -0.4 is 5.32 Å². The summed E-state index contributed by atoms with van der Waals surface area (Å²) in [5.74, 6) is -0.311. The molecule has 3 atom stereocenters. The lowest BCUT2D eigenvalue weighted by Crippen LogP contribution is -2.39. The van der Waals surface area contributed by atoms with Gasteiger partial charge in [0.15, 0.2) is 0 Å². The summed E-state index contributed by atoms with van der Waals surface area (Å²) < 4.78 is 4.61. The van der Waals surface area contributed by atoms with E-state index in [1.165, 1.54) is 7.11 Å². The Labute approximate surface area is 119 Å². The smallest absolute Gasteiger partial charge is 0.305 e. The highest BCUT2D eigenvalue weighted by atomic mass is 16.5. The number of hydrogen-bond donors (Lipinski definition) is 3. The predicted octanol–water partition coefficient (Wildman–Crippen LogP) is 1.01. The van der Waals surface area contributed by atoms with Crippen LogP contribution in [0.4, 0.5) is 0 Å². The number of methoxy groups -OCH3 is 1. The highest BCUT2D eigenvalue weighted by molar-refractivity contribution is 5.69. The van der Waals surface area contributed by atoms with E-state index in [1.54, 1.807) is 6.92 Å². The second kappa shape index (κ2) is 8.68. The molecular weight excluding hydrogens is 258 g/mol. The Morgan fingerprint density at radius 3 is 2.50 bits per heavy atom. The standard InChI is InChI=1S/C15H23NO4/c1-11(17)10-16-13(8-9-14(18)20-2)15(19)12-6-4-3-5-7-12/h3-7,11,13,15-17,19H,8-10H2,1-2H3. The molecule has 0 saturated carbocycles. The molecule has 1 aromatic carbocycles. The molecule has 5 nitrogen and oxygen atoms in total. The number of carbonyl (C=O) groups excluding carboxylic acids is 1. The van der Waals surface area contributed by atoms with Gasteiger partial charge in [0, 0.05) is 19.0 Å². The lowest BCUT2D eigenvalue weighted by Gasteiger charge is -2.25. The number of ether oxygens (including phenoxy) is 1. The van der Waals surface area contributed by atoms with Crippen LogP contribution in [0.25, 0.3) is 0 Å². The molecule has 0 aliphatic rings. The number of hydrogen-bond acceptors (Lipinski definition) is 5. The lowest BCUT2D eigenvalue weighted by molar-refractivity contribution is -0.141. The van der Waals surface area contributed by atoms with Crippen molar-refractivity contribution in [2.24, 2.45) is 0 Å². The fourth-order valence-corrected chi connectivity index (χ4v) is 1.95. The molecule has 0 saturated heterocycles. The van der Waals surface area contributed by atoms with E-state index >= 15 is 0 Å². The van der Waals surface area contributed by atoms with Gasteiger partial charge in [-0.2, -0.15) is 0 Å². The molecule has 0 spiro atoms. The normalized spacial score (nSPS) is 15.4. The maximum absolute atomic E-state index is 11.2. The van der Waals surface area contributed by atoms with Gasteiger partial charge < -0.3 is 20.3 Å². The summed E-state index contributed by atoms with van der Waals surface area (Å²) in [4.78, 5) is 11.2. The van der Waals surface area contributed by atoms with Crippen LogP contribution in [0.2, 0.25) is 0 Å². The zero-order valence-corrected chi connectivity index (χ0v) is 12.0. The summed E-state index contributed by atoms with van der Waals surface area (Å²) in [5, 5.41) is 22.8. The molecule has 112 valence electrons. The summed E-state index contributed by atoms with van der Waals surface area (Å²) in [5.41, 5.74) is 0.778. The van der Waals surface area contributed by atoms with Crippen LogP contribution in [0, 0.1) is 0 Å². The van der Waals surface area contributed by atoms with E-state index in [-0.39, 0.29) is 18.4 Å². The second-order valence-electron chi connectivity index (χ2n) is 4.83. The molecular formula is C15H23NO4. The van der Waals surface area contributed by atoms with Crippen LogP contribution in [0.5, 0.6) is 0 Å². The molecule has 3 unspecified atom stereocenters. The SMILES string of the molecule is COC(=O)CCC(NCC(C)O)C(O)c1ccccc1. The minimum Gasteiger partial charge on any atom is -0.469 e. The Morgan fingerprint density at radius 1 is 1.30 bits per heavy atom. The average molecular weight is 281 g/mol. The van der Waals surface area contributed by atoms with E-state index in [9.17, 15) is 15.0 Å². The fourth-order valence-electron chi connectivity index (χ4n) is 1.95. The van der Waals surface area contributed by atoms with Crippen molar-refractivity contribution in [3.05, 3.63) is 35.9 Å². The van der Waals surface area contributed by atoms with Crippen molar-refractivity contribution in [3.8, 4) is 0 Å².